The number of aromatic nitrogens is 2. The molecule has 3 heterocycles. The molecule has 6 nitrogen and oxygen atoms in total. The molecule has 0 radical (unpaired) electrons. The summed E-state index contributed by atoms with van der Waals surface area (Å²) in [7, 11) is 0. The van der Waals surface area contributed by atoms with Gasteiger partial charge in [-0.15, -0.1) is 11.3 Å². The summed E-state index contributed by atoms with van der Waals surface area (Å²) in [5.74, 6) is 2.00. The van der Waals surface area contributed by atoms with Gasteiger partial charge in [-0.25, -0.2) is 0 Å². The summed E-state index contributed by atoms with van der Waals surface area (Å²) < 4.78 is 10.9. The first-order chi connectivity index (χ1) is 13.2. The average molecular weight is 383 g/mol. The van der Waals surface area contributed by atoms with Crippen LogP contribution in [-0.2, 0) is 11.2 Å². The molecular weight excluding hydrogens is 362 g/mol. The van der Waals surface area contributed by atoms with E-state index in [2.05, 4.69) is 21.6 Å². The molecule has 0 saturated carbocycles. The lowest BCUT2D eigenvalue weighted by atomic mass is 10.1. The van der Waals surface area contributed by atoms with Crippen molar-refractivity contribution >= 4 is 17.2 Å². The molecule has 0 bridgehead atoms. The Labute approximate surface area is 161 Å². The Bertz CT molecular complexity index is 890. The molecule has 0 aliphatic carbocycles. The zero-order valence-corrected chi connectivity index (χ0v) is 15.9. The maximum atomic E-state index is 12.3. The number of carbonyl (C=O) groups excluding carboxylic acids is 1. The second-order valence-corrected chi connectivity index (χ2v) is 7.52. The number of hydrogen-bond donors (Lipinski definition) is 0. The van der Waals surface area contributed by atoms with Gasteiger partial charge in [0.2, 0.25) is 17.6 Å². The van der Waals surface area contributed by atoms with Crippen LogP contribution in [0.25, 0.3) is 11.4 Å². The Kier molecular flexibility index (Phi) is 5.20. The molecule has 1 atom stereocenters. The molecular formula is C20H21N3O3S. The first kappa shape index (κ1) is 17.7. The molecule has 3 aromatic rings. The number of likely N-dealkylation sites (tertiary alicyclic amines) is 1. The van der Waals surface area contributed by atoms with E-state index < -0.39 is 0 Å². The van der Waals surface area contributed by atoms with Gasteiger partial charge in [0.25, 0.3) is 0 Å². The van der Waals surface area contributed by atoms with Crippen molar-refractivity contribution in [2.45, 2.75) is 25.7 Å². The zero-order chi connectivity index (χ0) is 18.6. The van der Waals surface area contributed by atoms with E-state index in [4.69, 9.17) is 9.26 Å². The fourth-order valence-electron chi connectivity index (χ4n) is 3.24. The molecule has 27 heavy (non-hydrogen) atoms. The first-order valence-electron chi connectivity index (χ1n) is 9.10. The number of hydrogen-bond acceptors (Lipinski definition) is 6. The van der Waals surface area contributed by atoms with Gasteiger partial charge >= 0.3 is 0 Å². The molecule has 1 aliphatic rings. The van der Waals surface area contributed by atoms with Crippen LogP contribution in [0, 0.1) is 0 Å². The predicted molar refractivity (Wildman–Crippen MR) is 103 cm³/mol. The van der Waals surface area contributed by atoms with Crippen LogP contribution in [0.1, 0.15) is 30.0 Å². The minimum atomic E-state index is -0.0372. The summed E-state index contributed by atoms with van der Waals surface area (Å²) in [6.07, 6.45) is 1.31. The third-order valence-electron chi connectivity index (χ3n) is 4.64. The second-order valence-electron chi connectivity index (χ2n) is 6.48. The van der Waals surface area contributed by atoms with Gasteiger partial charge in [-0.2, -0.15) is 4.98 Å². The topological polar surface area (TPSA) is 68.5 Å². The third-order valence-corrected chi connectivity index (χ3v) is 5.57. The number of amides is 1. The lowest BCUT2D eigenvalue weighted by molar-refractivity contribution is -0.127. The van der Waals surface area contributed by atoms with Crippen LogP contribution in [0.3, 0.4) is 0 Å². The van der Waals surface area contributed by atoms with E-state index in [0.29, 0.717) is 31.3 Å². The Balaban J connectivity index is 1.40. The van der Waals surface area contributed by atoms with Crippen LogP contribution >= 0.6 is 11.3 Å². The minimum Gasteiger partial charge on any atom is -0.494 e. The predicted octanol–water partition coefficient (Wildman–Crippen LogP) is 3.76. The lowest BCUT2D eigenvalue weighted by Crippen LogP contribution is -2.27. The molecule has 1 aliphatic heterocycles. The lowest BCUT2D eigenvalue weighted by Gasteiger charge is -2.15. The quantitative estimate of drug-likeness (QED) is 0.621. The molecule has 0 N–H and O–H groups in total. The van der Waals surface area contributed by atoms with Crippen molar-refractivity contribution in [2.75, 3.05) is 19.7 Å². The van der Waals surface area contributed by atoms with E-state index in [9.17, 15) is 4.79 Å². The first-order valence-corrected chi connectivity index (χ1v) is 9.98. The SMILES string of the molecule is CCOc1ccc(-c2noc(C3CC(=O)N(CCc4cccs4)C3)n2)cc1. The number of nitrogens with zero attached hydrogens (tertiary/aromatic N) is 3. The molecule has 1 amide bonds. The summed E-state index contributed by atoms with van der Waals surface area (Å²) in [5, 5.41) is 6.15. The van der Waals surface area contributed by atoms with Crippen molar-refractivity contribution in [3.63, 3.8) is 0 Å². The van der Waals surface area contributed by atoms with E-state index in [-0.39, 0.29) is 11.8 Å². The summed E-state index contributed by atoms with van der Waals surface area (Å²) in [6, 6.07) is 11.7. The van der Waals surface area contributed by atoms with Gasteiger partial charge in [-0.3, -0.25) is 4.79 Å². The highest BCUT2D eigenvalue weighted by Crippen LogP contribution is 2.29. The summed E-state index contributed by atoms with van der Waals surface area (Å²) in [6.45, 7) is 3.95. The van der Waals surface area contributed by atoms with Crippen molar-refractivity contribution in [1.29, 1.82) is 0 Å². The van der Waals surface area contributed by atoms with E-state index in [1.807, 2.05) is 42.2 Å². The Morgan fingerprint density at radius 3 is 2.89 bits per heavy atom. The molecule has 1 unspecified atom stereocenters. The van der Waals surface area contributed by atoms with Gasteiger partial charge in [0.1, 0.15) is 5.75 Å². The molecule has 4 rings (SSSR count). The van der Waals surface area contributed by atoms with Crippen LogP contribution in [0.4, 0.5) is 0 Å². The summed E-state index contributed by atoms with van der Waals surface area (Å²) in [5.41, 5.74) is 0.868. The number of ether oxygens (including phenoxy) is 1. The smallest absolute Gasteiger partial charge is 0.232 e. The van der Waals surface area contributed by atoms with Crippen molar-refractivity contribution in [3.05, 3.63) is 52.5 Å². The molecule has 7 heteroatoms. The number of rotatable bonds is 7. The average Bonchev–Trinajstić information content (AvgIpc) is 3.42. The van der Waals surface area contributed by atoms with E-state index in [1.165, 1.54) is 4.88 Å². The number of carbonyl (C=O) groups is 1. The normalized spacial score (nSPS) is 16.9. The number of thiophene rings is 1. The molecule has 1 aromatic carbocycles. The summed E-state index contributed by atoms with van der Waals surface area (Å²) in [4.78, 5) is 20.0. The van der Waals surface area contributed by atoms with Crippen molar-refractivity contribution in [3.8, 4) is 17.1 Å². The highest BCUT2D eigenvalue weighted by Gasteiger charge is 2.34. The molecule has 0 spiro atoms. The van der Waals surface area contributed by atoms with Gasteiger partial charge in [0.05, 0.1) is 12.5 Å². The van der Waals surface area contributed by atoms with Gasteiger partial charge in [-0.05, 0) is 49.1 Å². The Hall–Kier alpha value is -2.67. The molecule has 1 saturated heterocycles. The van der Waals surface area contributed by atoms with Crippen LogP contribution in [0.15, 0.2) is 46.3 Å². The van der Waals surface area contributed by atoms with Crippen molar-refractivity contribution in [1.82, 2.24) is 15.0 Å². The monoisotopic (exact) mass is 383 g/mol. The Morgan fingerprint density at radius 1 is 1.30 bits per heavy atom. The molecule has 1 fully saturated rings. The Morgan fingerprint density at radius 2 is 2.15 bits per heavy atom. The fourth-order valence-corrected chi connectivity index (χ4v) is 3.94. The van der Waals surface area contributed by atoms with Gasteiger partial charge in [0.15, 0.2) is 0 Å². The van der Waals surface area contributed by atoms with Gasteiger partial charge < -0.3 is 14.2 Å². The maximum Gasteiger partial charge on any atom is 0.232 e. The van der Waals surface area contributed by atoms with Crippen LogP contribution < -0.4 is 4.74 Å². The highest BCUT2D eigenvalue weighted by molar-refractivity contribution is 7.09. The fraction of sp³-hybridized carbons (Fsp3) is 0.350. The zero-order valence-electron chi connectivity index (χ0n) is 15.1. The molecule has 140 valence electrons. The van der Waals surface area contributed by atoms with Gasteiger partial charge in [-0.1, -0.05) is 11.2 Å². The van der Waals surface area contributed by atoms with Crippen molar-refractivity contribution in [2.24, 2.45) is 0 Å². The molecule has 2 aromatic heterocycles. The van der Waals surface area contributed by atoms with E-state index >= 15 is 0 Å². The second kappa shape index (κ2) is 7.92. The largest absolute Gasteiger partial charge is 0.494 e. The van der Waals surface area contributed by atoms with Crippen molar-refractivity contribution < 1.29 is 14.1 Å². The van der Waals surface area contributed by atoms with Crippen LogP contribution in [-0.4, -0.2) is 40.6 Å². The highest BCUT2D eigenvalue weighted by atomic mass is 32.1. The minimum absolute atomic E-state index is 0.0372. The van der Waals surface area contributed by atoms with E-state index in [1.54, 1.807) is 11.3 Å². The van der Waals surface area contributed by atoms with E-state index in [0.717, 1.165) is 24.3 Å². The maximum absolute atomic E-state index is 12.3. The van der Waals surface area contributed by atoms with Gasteiger partial charge in [0, 0.05) is 30.0 Å². The van der Waals surface area contributed by atoms with Crippen LogP contribution in [0.5, 0.6) is 5.75 Å². The number of benzene rings is 1. The standard InChI is InChI=1S/C20H21N3O3S/c1-2-25-16-7-5-14(6-8-16)19-21-20(26-22-19)15-12-18(24)23(13-15)10-9-17-4-3-11-27-17/h3-8,11,15H,2,9-10,12-13H2,1H3. The van der Waals surface area contributed by atoms with Crippen LogP contribution in [0.2, 0.25) is 0 Å². The third kappa shape index (κ3) is 4.03. The summed E-state index contributed by atoms with van der Waals surface area (Å²) >= 11 is 1.72.